The van der Waals surface area contributed by atoms with Crippen LogP contribution in [0, 0.1) is 0 Å². The lowest BCUT2D eigenvalue weighted by molar-refractivity contribution is 0.0602. The number of fused-ring (bicyclic) bond motifs is 1. The lowest BCUT2D eigenvalue weighted by atomic mass is 10.1. The minimum absolute atomic E-state index is 0.402. The summed E-state index contributed by atoms with van der Waals surface area (Å²) >= 11 is 0. The Kier molecular flexibility index (Phi) is 1.89. The van der Waals surface area contributed by atoms with Crippen molar-refractivity contribution in [2.24, 2.45) is 0 Å². The Morgan fingerprint density at radius 1 is 1.50 bits per heavy atom. The molecular formula is C10H10N2O2. The first-order valence-electron chi connectivity index (χ1n) is 4.17. The van der Waals surface area contributed by atoms with E-state index in [1.54, 1.807) is 18.3 Å². The van der Waals surface area contributed by atoms with Crippen molar-refractivity contribution in [3.05, 3.63) is 30.0 Å². The summed E-state index contributed by atoms with van der Waals surface area (Å²) in [4.78, 5) is 14.3. The van der Waals surface area contributed by atoms with Crippen molar-refractivity contribution in [2.75, 3.05) is 12.8 Å². The van der Waals surface area contributed by atoms with E-state index in [2.05, 4.69) is 9.72 Å². The van der Waals surface area contributed by atoms with Crippen LogP contribution in [-0.4, -0.2) is 18.1 Å². The first kappa shape index (κ1) is 8.62. The number of aromatic amines is 1. The van der Waals surface area contributed by atoms with E-state index in [1.807, 2.05) is 6.07 Å². The average Bonchev–Trinajstić information content (AvgIpc) is 2.62. The van der Waals surface area contributed by atoms with E-state index in [0.717, 1.165) is 10.9 Å². The molecule has 3 N–H and O–H groups in total. The molecule has 1 aromatic heterocycles. The number of nitrogens with two attached hydrogens (primary N) is 1. The highest BCUT2D eigenvalue weighted by atomic mass is 16.5. The number of H-pyrrole nitrogens is 1. The van der Waals surface area contributed by atoms with Gasteiger partial charge in [-0.1, -0.05) is 0 Å². The second-order valence-corrected chi connectivity index (χ2v) is 3.00. The molecule has 0 saturated carbocycles. The molecule has 72 valence electrons. The van der Waals surface area contributed by atoms with E-state index in [9.17, 15) is 4.79 Å². The Morgan fingerprint density at radius 2 is 2.29 bits per heavy atom. The fourth-order valence-corrected chi connectivity index (χ4v) is 1.40. The quantitative estimate of drug-likeness (QED) is 0.529. The van der Waals surface area contributed by atoms with Crippen LogP contribution < -0.4 is 5.73 Å². The van der Waals surface area contributed by atoms with Crippen LogP contribution in [0.15, 0.2) is 24.4 Å². The highest BCUT2D eigenvalue weighted by Gasteiger charge is 2.10. The minimum Gasteiger partial charge on any atom is -0.465 e. The molecule has 0 aliphatic rings. The Balaban J connectivity index is 2.64. The molecule has 2 rings (SSSR count). The fourth-order valence-electron chi connectivity index (χ4n) is 1.40. The molecule has 1 heterocycles. The van der Waals surface area contributed by atoms with Gasteiger partial charge in [0, 0.05) is 22.8 Å². The number of rotatable bonds is 1. The summed E-state index contributed by atoms with van der Waals surface area (Å²) in [6.45, 7) is 0. The Labute approximate surface area is 80.7 Å². The highest BCUT2D eigenvalue weighted by molar-refractivity contribution is 6.00. The third-order valence-electron chi connectivity index (χ3n) is 2.13. The van der Waals surface area contributed by atoms with E-state index in [4.69, 9.17) is 5.73 Å². The van der Waals surface area contributed by atoms with Crippen molar-refractivity contribution in [1.29, 1.82) is 0 Å². The van der Waals surface area contributed by atoms with E-state index < -0.39 is 5.97 Å². The second kappa shape index (κ2) is 3.06. The van der Waals surface area contributed by atoms with Gasteiger partial charge in [-0.3, -0.25) is 0 Å². The highest BCUT2D eigenvalue weighted by Crippen LogP contribution is 2.21. The molecular weight excluding hydrogens is 180 g/mol. The molecule has 0 amide bonds. The standard InChI is InChI=1S/C10H10N2O2/c1-14-10(13)7-4-6-2-3-12-9(6)5-8(7)11/h2-5,12H,11H2,1H3. The Hall–Kier alpha value is -1.97. The second-order valence-electron chi connectivity index (χ2n) is 3.00. The van der Waals surface area contributed by atoms with Crippen molar-refractivity contribution in [3.8, 4) is 0 Å². The van der Waals surface area contributed by atoms with Gasteiger partial charge in [-0.05, 0) is 18.2 Å². The van der Waals surface area contributed by atoms with Gasteiger partial charge in [0.1, 0.15) is 0 Å². The lowest BCUT2D eigenvalue weighted by Gasteiger charge is -2.03. The maximum atomic E-state index is 11.3. The monoisotopic (exact) mass is 190 g/mol. The number of hydrogen-bond acceptors (Lipinski definition) is 3. The number of ether oxygens (including phenoxy) is 1. The van der Waals surface area contributed by atoms with Gasteiger partial charge >= 0.3 is 5.97 Å². The van der Waals surface area contributed by atoms with Gasteiger partial charge in [0.25, 0.3) is 0 Å². The molecule has 0 atom stereocenters. The Bertz CT molecular complexity index is 488. The predicted molar refractivity (Wildman–Crippen MR) is 54.1 cm³/mol. The van der Waals surface area contributed by atoms with Crippen LogP contribution in [0.2, 0.25) is 0 Å². The summed E-state index contributed by atoms with van der Waals surface area (Å²) in [5.41, 5.74) is 7.44. The maximum Gasteiger partial charge on any atom is 0.339 e. The van der Waals surface area contributed by atoms with Crippen LogP contribution in [0.3, 0.4) is 0 Å². The third-order valence-corrected chi connectivity index (χ3v) is 2.13. The first-order chi connectivity index (χ1) is 6.72. The molecule has 0 radical (unpaired) electrons. The van der Waals surface area contributed by atoms with Gasteiger partial charge in [-0.2, -0.15) is 0 Å². The molecule has 4 heteroatoms. The van der Waals surface area contributed by atoms with Gasteiger partial charge < -0.3 is 15.5 Å². The van der Waals surface area contributed by atoms with Gasteiger partial charge in [-0.25, -0.2) is 4.79 Å². The molecule has 0 aliphatic heterocycles. The number of nitrogen functional groups attached to an aromatic ring is 1. The molecule has 1 aromatic carbocycles. The van der Waals surface area contributed by atoms with Gasteiger partial charge in [0.05, 0.1) is 12.7 Å². The van der Waals surface area contributed by atoms with Crippen molar-refractivity contribution >= 4 is 22.6 Å². The van der Waals surface area contributed by atoms with E-state index in [1.165, 1.54) is 7.11 Å². The summed E-state index contributed by atoms with van der Waals surface area (Å²) in [7, 11) is 1.34. The topological polar surface area (TPSA) is 68.1 Å². The number of carbonyl (C=O) groups excluding carboxylic acids is 1. The lowest BCUT2D eigenvalue weighted by Crippen LogP contribution is -2.05. The van der Waals surface area contributed by atoms with E-state index >= 15 is 0 Å². The number of methoxy groups -OCH3 is 1. The number of nitrogens with one attached hydrogen (secondary N) is 1. The number of esters is 1. The molecule has 14 heavy (non-hydrogen) atoms. The van der Waals surface area contributed by atoms with Crippen LogP contribution >= 0.6 is 0 Å². The smallest absolute Gasteiger partial charge is 0.339 e. The molecule has 4 nitrogen and oxygen atoms in total. The van der Waals surface area contributed by atoms with Crippen LogP contribution in [-0.2, 0) is 4.74 Å². The molecule has 0 saturated heterocycles. The third kappa shape index (κ3) is 1.21. The van der Waals surface area contributed by atoms with Crippen LogP contribution in [0.25, 0.3) is 10.9 Å². The zero-order valence-electron chi connectivity index (χ0n) is 7.70. The van der Waals surface area contributed by atoms with Crippen molar-refractivity contribution in [3.63, 3.8) is 0 Å². The van der Waals surface area contributed by atoms with Crippen molar-refractivity contribution < 1.29 is 9.53 Å². The van der Waals surface area contributed by atoms with Gasteiger partial charge in [-0.15, -0.1) is 0 Å². The van der Waals surface area contributed by atoms with Gasteiger partial charge in [0.15, 0.2) is 0 Å². The molecule has 0 unspecified atom stereocenters. The summed E-state index contributed by atoms with van der Waals surface area (Å²) in [6, 6.07) is 5.32. The molecule has 0 aliphatic carbocycles. The normalized spacial score (nSPS) is 10.4. The maximum absolute atomic E-state index is 11.3. The van der Waals surface area contributed by atoms with Crippen LogP contribution in [0.1, 0.15) is 10.4 Å². The van der Waals surface area contributed by atoms with Crippen LogP contribution in [0.5, 0.6) is 0 Å². The number of hydrogen-bond donors (Lipinski definition) is 2. The van der Waals surface area contributed by atoms with E-state index in [-0.39, 0.29) is 0 Å². The average molecular weight is 190 g/mol. The summed E-state index contributed by atoms with van der Waals surface area (Å²) in [5, 5.41) is 0.944. The largest absolute Gasteiger partial charge is 0.465 e. The number of benzene rings is 1. The zero-order chi connectivity index (χ0) is 10.1. The molecule has 2 aromatic rings. The van der Waals surface area contributed by atoms with Gasteiger partial charge in [0.2, 0.25) is 0 Å². The summed E-state index contributed by atoms with van der Waals surface area (Å²) in [6.07, 6.45) is 1.80. The van der Waals surface area contributed by atoms with Crippen LogP contribution in [0.4, 0.5) is 5.69 Å². The molecule has 0 spiro atoms. The summed E-state index contributed by atoms with van der Waals surface area (Å²) < 4.78 is 4.61. The first-order valence-corrected chi connectivity index (χ1v) is 4.17. The number of aromatic nitrogens is 1. The van der Waals surface area contributed by atoms with Crippen molar-refractivity contribution in [2.45, 2.75) is 0 Å². The fraction of sp³-hybridized carbons (Fsp3) is 0.100. The minimum atomic E-state index is -0.411. The summed E-state index contributed by atoms with van der Waals surface area (Å²) in [5.74, 6) is -0.411. The van der Waals surface area contributed by atoms with E-state index in [0.29, 0.717) is 11.3 Å². The van der Waals surface area contributed by atoms with Crippen molar-refractivity contribution in [1.82, 2.24) is 4.98 Å². The zero-order valence-corrected chi connectivity index (χ0v) is 7.70. The number of carbonyl (C=O) groups is 1. The molecule has 0 fully saturated rings. The predicted octanol–water partition coefficient (Wildman–Crippen LogP) is 1.54. The number of anilines is 1. The Morgan fingerprint density at radius 3 is 3.00 bits per heavy atom. The molecule has 0 bridgehead atoms. The SMILES string of the molecule is COC(=O)c1cc2cc[nH]c2cc1N.